The molecule has 3 rings (SSSR count). The molecular formula is C14H19N3O. The number of imidazole rings is 1. The van der Waals surface area contributed by atoms with Crippen LogP contribution in [0.1, 0.15) is 25.7 Å². The number of nitrogens with zero attached hydrogens (tertiary/aromatic N) is 2. The normalized spacial score (nSPS) is 24.3. The summed E-state index contributed by atoms with van der Waals surface area (Å²) in [5.74, 6) is 1.42. The van der Waals surface area contributed by atoms with Crippen molar-refractivity contribution in [1.29, 1.82) is 0 Å². The highest BCUT2D eigenvalue weighted by atomic mass is 16.3. The molecular weight excluding hydrogens is 226 g/mol. The van der Waals surface area contributed by atoms with Gasteiger partial charge in [0, 0.05) is 24.9 Å². The van der Waals surface area contributed by atoms with Crippen LogP contribution < -0.4 is 5.32 Å². The number of nitrogens with one attached hydrogen (secondary N) is 1. The molecule has 1 aliphatic carbocycles. The Hall–Kier alpha value is -1.55. The highest BCUT2D eigenvalue weighted by Crippen LogP contribution is 2.24. The third-order valence-corrected chi connectivity index (χ3v) is 3.84. The zero-order chi connectivity index (χ0) is 12.4. The smallest absolute Gasteiger partial charge is 0.138 e. The molecule has 1 fully saturated rings. The molecule has 96 valence electrons. The first-order valence-electron chi connectivity index (χ1n) is 6.68. The van der Waals surface area contributed by atoms with Gasteiger partial charge >= 0.3 is 0 Å². The van der Waals surface area contributed by atoms with Crippen molar-refractivity contribution in [3.63, 3.8) is 0 Å². The maximum atomic E-state index is 9.96. The lowest BCUT2D eigenvalue weighted by Gasteiger charge is -2.28. The minimum atomic E-state index is -0.145. The first kappa shape index (κ1) is 11.5. The lowest BCUT2D eigenvalue weighted by molar-refractivity contribution is 0.0763. The summed E-state index contributed by atoms with van der Waals surface area (Å²) in [7, 11) is 0. The van der Waals surface area contributed by atoms with Gasteiger partial charge < -0.3 is 10.4 Å². The van der Waals surface area contributed by atoms with E-state index < -0.39 is 0 Å². The Morgan fingerprint density at radius 2 is 2.22 bits per heavy atom. The maximum Gasteiger partial charge on any atom is 0.138 e. The van der Waals surface area contributed by atoms with Crippen LogP contribution in [-0.2, 0) is 0 Å². The Balaban J connectivity index is 1.71. The molecule has 0 spiro atoms. The molecule has 0 radical (unpaired) electrons. The average Bonchev–Trinajstić information content (AvgIpc) is 2.86. The number of aromatic nitrogens is 2. The summed E-state index contributed by atoms with van der Waals surface area (Å²) in [6.45, 7) is 0.832. The van der Waals surface area contributed by atoms with Crippen LogP contribution in [0.4, 0.5) is 5.82 Å². The number of fused-ring (bicyclic) bond motifs is 1. The second-order valence-corrected chi connectivity index (χ2v) is 5.06. The van der Waals surface area contributed by atoms with Gasteiger partial charge in [0.2, 0.25) is 0 Å². The molecule has 2 heterocycles. The zero-order valence-electron chi connectivity index (χ0n) is 10.4. The van der Waals surface area contributed by atoms with Gasteiger partial charge in [-0.2, -0.15) is 0 Å². The topological polar surface area (TPSA) is 49.6 Å². The monoisotopic (exact) mass is 245 g/mol. The molecule has 2 aromatic heterocycles. The molecule has 1 aliphatic rings. The van der Waals surface area contributed by atoms with Gasteiger partial charge in [-0.1, -0.05) is 18.9 Å². The second-order valence-electron chi connectivity index (χ2n) is 5.06. The third kappa shape index (κ3) is 2.20. The van der Waals surface area contributed by atoms with Crippen molar-refractivity contribution >= 4 is 11.5 Å². The molecule has 2 atom stereocenters. The fraction of sp³-hybridized carbons (Fsp3) is 0.500. The van der Waals surface area contributed by atoms with E-state index in [1.54, 1.807) is 6.20 Å². The summed E-state index contributed by atoms with van der Waals surface area (Å²) in [6, 6.07) is 6.03. The van der Waals surface area contributed by atoms with Crippen molar-refractivity contribution in [2.75, 3.05) is 11.9 Å². The Kier molecular flexibility index (Phi) is 3.19. The molecule has 4 nitrogen and oxygen atoms in total. The van der Waals surface area contributed by atoms with Gasteiger partial charge in [-0.15, -0.1) is 0 Å². The van der Waals surface area contributed by atoms with Crippen LogP contribution in [-0.4, -0.2) is 27.1 Å². The molecule has 0 aromatic carbocycles. The van der Waals surface area contributed by atoms with Crippen LogP contribution in [0.25, 0.3) is 5.65 Å². The van der Waals surface area contributed by atoms with Crippen molar-refractivity contribution in [1.82, 2.24) is 9.38 Å². The van der Waals surface area contributed by atoms with E-state index in [9.17, 15) is 5.11 Å². The van der Waals surface area contributed by atoms with Crippen molar-refractivity contribution in [2.45, 2.75) is 31.8 Å². The SMILES string of the molecule is OC1CCCCC1CNc1cccc2nccn12. The fourth-order valence-electron chi connectivity index (χ4n) is 2.75. The summed E-state index contributed by atoms with van der Waals surface area (Å²) in [4.78, 5) is 4.26. The maximum absolute atomic E-state index is 9.96. The quantitative estimate of drug-likeness (QED) is 0.872. The minimum Gasteiger partial charge on any atom is -0.393 e. The molecule has 1 saturated carbocycles. The van der Waals surface area contributed by atoms with Gasteiger partial charge in [-0.25, -0.2) is 4.98 Å². The number of aliphatic hydroxyl groups excluding tert-OH is 1. The van der Waals surface area contributed by atoms with Crippen LogP contribution >= 0.6 is 0 Å². The van der Waals surface area contributed by atoms with Crippen LogP contribution in [0.5, 0.6) is 0 Å². The predicted octanol–water partition coefficient (Wildman–Crippen LogP) is 2.30. The van der Waals surface area contributed by atoms with Crippen LogP contribution in [0.3, 0.4) is 0 Å². The molecule has 2 aromatic rings. The lowest BCUT2D eigenvalue weighted by Crippen LogP contribution is -2.30. The van der Waals surface area contributed by atoms with Crippen molar-refractivity contribution in [2.24, 2.45) is 5.92 Å². The van der Waals surface area contributed by atoms with Crippen molar-refractivity contribution in [3.05, 3.63) is 30.6 Å². The van der Waals surface area contributed by atoms with E-state index in [-0.39, 0.29) is 6.10 Å². The van der Waals surface area contributed by atoms with Gasteiger partial charge in [0.25, 0.3) is 0 Å². The van der Waals surface area contributed by atoms with Gasteiger partial charge in [-0.3, -0.25) is 4.40 Å². The summed E-state index contributed by atoms with van der Waals surface area (Å²) in [6.07, 6.45) is 8.07. The molecule has 0 amide bonds. The Morgan fingerprint density at radius 1 is 1.33 bits per heavy atom. The largest absolute Gasteiger partial charge is 0.393 e. The van der Waals surface area contributed by atoms with Gasteiger partial charge in [0.15, 0.2) is 0 Å². The molecule has 18 heavy (non-hydrogen) atoms. The van der Waals surface area contributed by atoms with Crippen molar-refractivity contribution in [3.8, 4) is 0 Å². The molecule has 2 unspecified atom stereocenters. The number of hydrogen-bond donors (Lipinski definition) is 2. The van der Waals surface area contributed by atoms with Crippen LogP contribution in [0, 0.1) is 5.92 Å². The van der Waals surface area contributed by atoms with Crippen LogP contribution in [0.15, 0.2) is 30.6 Å². The highest BCUT2D eigenvalue weighted by molar-refractivity contribution is 5.49. The van der Waals surface area contributed by atoms with Crippen LogP contribution in [0.2, 0.25) is 0 Å². The van der Waals surface area contributed by atoms with E-state index in [1.807, 2.05) is 28.8 Å². The Bertz CT molecular complexity index is 522. The summed E-state index contributed by atoms with van der Waals surface area (Å²) >= 11 is 0. The van der Waals surface area contributed by atoms with E-state index in [0.717, 1.165) is 37.3 Å². The van der Waals surface area contributed by atoms with Crippen molar-refractivity contribution < 1.29 is 5.11 Å². The Morgan fingerprint density at radius 3 is 3.11 bits per heavy atom. The van der Waals surface area contributed by atoms with E-state index in [0.29, 0.717) is 5.92 Å². The van der Waals surface area contributed by atoms with Gasteiger partial charge in [-0.05, 0) is 25.0 Å². The molecule has 0 bridgehead atoms. The predicted molar refractivity (Wildman–Crippen MR) is 71.6 cm³/mol. The Labute approximate surface area is 107 Å². The van der Waals surface area contributed by atoms with E-state index in [4.69, 9.17) is 0 Å². The van der Waals surface area contributed by atoms with E-state index >= 15 is 0 Å². The summed E-state index contributed by atoms with van der Waals surface area (Å²) < 4.78 is 2.04. The minimum absolute atomic E-state index is 0.145. The third-order valence-electron chi connectivity index (χ3n) is 3.84. The zero-order valence-corrected chi connectivity index (χ0v) is 10.4. The van der Waals surface area contributed by atoms with E-state index in [1.165, 1.54) is 6.42 Å². The van der Waals surface area contributed by atoms with Gasteiger partial charge in [0.05, 0.1) is 6.10 Å². The lowest BCUT2D eigenvalue weighted by atomic mass is 9.86. The highest BCUT2D eigenvalue weighted by Gasteiger charge is 2.22. The number of aliphatic hydroxyl groups is 1. The number of pyridine rings is 1. The summed E-state index contributed by atoms with van der Waals surface area (Å²) in [5.41, 5.74) is 0.948. The molecule has 0 saturated heterocycles. The number of anilines is 1. The molecule has 4 heteroatoms. The molecule has 2 N–H and O–H groups in total. The molecule has 0 aliphatic heterocycles. The first-order chi connectivity index (χ1) is 8.84. The number of rotatable bonds is 3. The average molecular weight is 245 g/mol. The summed E-state index contributed by atoms with van der Waals surface area (Å²) in [5, 5.41) is 13.4. The first-order valence-corrected chi connectivity index (χ1v) is 6.68. The van der Waals surface area contributed by atoms with Gasteiger partial charge in [0.1, 0.15) is 11.5 Å². The number of hydrogen-bond acceptors (Lipinski definition) is 3. The van der Waals surface area contributed by atoms with E-state index in [2.05, 4.69) is 10.3 Å². The fourth-order valence-corrected chi connectivity index (χ4v) is 2.75. The standard InChI is InChI=1S/C14H19N3O/c18-12-5-2-1-4-11(12)10-16-14-7-3-6-13-15-8-9-17(13)14/h3,6-9,11-12,16,18H,1-2,4-5,10H2. The second kappa shape index (κ2) is 4.98.